The summed E-state index contributed by atoms with van der Waals surface area (Å²) in [5.41, 5.74) is 2.32. The van der Waals surface area contributed by atoms with Crippen molar-refractivity contribution in [1.29, 1.82) is 0 Å². The molecule has 0 radical (unpaired) electrons. The van der Waals surface area contributed by atoms with Gasteiger partial charge in [0.05, 0.1) is 31.2 Å². The first-order valence-corrected chi connectivity index (χ1v) is 8.19. The summed E-state index contributed by atoms with van der Waals surface area (Å²) in [5.74, 6) is 0.311. The topological polar surface area (TPSA) is 27.9 Å². The fourth-order valence-corrected chi connectivity index (χ4v) is 3.33. The zero-order valence-electron chi connectivity index (χ0n) is 12.2. The summed E-state index contributed by atoms with van der Waals surface area (Å²) >= 11 is 12.2. The fourth-order valence-electron chi connectivity index (χ4n) is 2.86. The van der Waals surface area contributed by atoms with Gasteiger partial charge in [0.25, 0.3) is 0 Å². The van der Waals surface area contributed by atoms with E-state index >= 15 is 0 Å². The minimum atomic E-state index is 0.311. The molecule has 0 saturated carbocycles. The van der Waals surface area contributed by atoms with Crippen molar-refractivity contribution in [2.75, 3.05) is 31.1 Å². The Morgan fingerprint density at radius 2 is 1.68 bits per heavy atom. The maximum atomic E-state index is 9.36. The van der Waals surface area contributed by atoms with Crippen LogP contribution in [-0.4, -0.2) is 31.3 Å². The highest BCUT2D eigenvalue weighted by molar-refractivity contribution is 6.35. The number of phenolic OH excluding ortho intramolecular Hbond substituents is 1. The molecule has 3 nitrogen and oxygen atoms in total. The van der Waals surface area contributed by atoms with E-state index in [0.717, 1.165) is 43.3 Å². The number of benzene rings is 2. The molecule has 1 heterocycles. The Hall–Kier alpha value is -1.42. The summed E-state index contributed by atoms with van der Waals surface area (Å²) in [7, 11) is 0. The van der Waals surface area contributed by atoms with E-state index in [2.05, 4.69) is 4.90 Å². The van der Waals surface area contributed by atoms with Gasteiger partial charge < -0.3 is 14.9 Å². The van der Waals surface area contributed by atoms with Gasteiger partial charge in [-0.25, -0.2) is 0 Å². The van der Waals surface area contributed by atoms with Gasteiger partial charge in [0.15, 0.2) is 0 Å². The monoisotopic (exact) mass is 337 g/mol. The second-order valence-corrected chi connectivity index (χ2v) is 6.51. The number of hydrogen-bond acceptors (Lipinski definition) is 2. The molecule has 1 aliphatic heterocycles. The number of rotatable bonds is 3. The predicted octanol–water partition coefficient (Wildman–Crippen LogP) is 2.60. The molecule has 116 valence electrons. The van der Waals surface area contributed by atoms with Gasteiger partial charge in [-0.3, -0.25) is 0 Å². The molecule has 2 N–H and O–H groups in total. The van der Waals surface area contributed by atoms with E-state index in [1.165, 1.54) is 10.6 Å². The molecule has 1 saturated heterocycles. The van der Waals surface area contributed by atoms with E-state index in [1.807, 2.05) is 30.3 Å². The van der Waals surface area contributed by atoms with Crippen LogP contribution in [0.3, 0.4) is 0 Å². The van der Waals surface area contributed by atoms with Gasteiger partial charge in [0.1, 0.15) is 12.3 Å². The quantitative estimate of drug-likeness (QED) is 0.901. The molecule has 0 bridgehead atoms. The van der Waals surface area contributed by atoms with E-state index in [4.69, 9.17) is 23.2 Å². The Labute approximate surface area is 140 Å². The number of nitrogens with zero attached hydrogens (tertiary/aromatic N) is 1. The van der Waals surface area contributed by atoms with Crippen LogP contribution in [0.15, 0.2) is 42.5 Å². The molecule has 0 spiro atoms. The Balaban J connectivity index is 1.58. The van der Waals surface area contributed by atoms with Crippen molar-refractivity contribution in [3.8, 4) is 5.75 Å². The third kappa shape index (κ3) is 3.67. The van der Waals surface area contributed by atoms with E-state index < -0.39 is 0 Å². The summed E-state index contributed by atoms with van der Waals surface area (Å²) in [4.78, 5) is 3.88. The Morgan fingerprint density at radius 1 is 1.00 bits per heavy atom. The lowest BCUT2D eigenvalue weighted by Crippen LogP contribution is -3.13. The molecule has 0 atom stereocenters. The lowest BCUT2D eigenvalue weighted by molar-refractivity contribution is -0.914. The van der Waals surface area contributed by atoms with Crippen molar-refractivity contribution in [3.05, 3.63) is 58.1 Å². The van der Waals surface area contributed by atoms with E-state index in [9.17, 15) is 5.11 Å². The molecule has 0 aliphatic carbocycles. The summed E-state index contributed by atoms with van der Waals surface area (Å²) in [6.07, 6.45) is 0. The molecule has 0 unspecified atom stereocenters. The molecule has 2 aromatic carbocycles. The third-order valence-corrected chi connectivity index (χ3v) is 4.73. The SMILES string of the molecule is Oc1ccc(N2CC[NH+](Cc3ccc(Cl)cc3Cl)CC2)cc1. The predicted molar refractivity (Wildman–Crippen MR) is 91.2 cm³/mol. The van der Waals surface area contributed by atoms with Crippen LogP contribution in [0.1, 0.15) is 5.56 Å². The average molecular weight is 338 g/mol. The lowest BCUT2D eigenvalue weighted by atomic mass is 10.2. The van der Waals surface area contributed by atoms with Crippen molar-refractivity contribution in [3.63, 3.8) is 0 Å². The molecule has 3 rings (SSSR count). The van der Waals surface area contributed by atoms with Gasteiger partial charge in [0.2, 0.25) is 0 Å². The summed E-state index contributed by atoms with van der Waals surface area (Å²) in [6, 6.07) is 13.1. The highest BCUT2D eigenvalue weighted by Crippen LogP contribution is 2.21. The van der Waals surface area contributed by atoms with Crippen molar-refractivity contribution < 1.29 is 10.0 Å². The molecule has 0 aromatic heterocycles. The summed E-state index contributed by atoms with van der Waals surface area (Å²) < 4.78 is 0. The van der Waals surface area contributed by atoms with E-state index in [1.54, 1.807) is 12.1 Å². The van der Waals surface area contributed by atoms with Crippen molar-refractivity contribution in [2.24, 2.45) is 0 Å². The maximum absolute atomic E-state index is 9.36. The first-order chi connectivity index (χ1) is 10.6. The number of halogens is 2. The highest BCUT2D eigenvalue weighted by atomic mass is 35.5. The van der Waals surface area contributed by atoms with Gasteiger partial charge in [0, 0.05) is 16.3 Å². The van der Waals surface area contributed by atoms with Crippen LogP contribution in [-0.2, 0) is 6.54 Å². The largest absolute Gasteiger partial charge is 0.508 e. The highest BCUT2D eigenvalue weighted by Gasteiger charge is 2.21. The number of aromatic hydroxyl groups is 1. The smallest absolute Gasteiger partial charge is 0.115 e. The second kappa shape index (κ2) is 6.78. The van der Waals surface area contributed by atoms with Crippen LogP contribution in [0.25, 0.3) is 0 Å². The number of piperazine rings is 1. The zero-order chi connectivity index (χ0) is 15.5. The Kier molecular flexibility index (Phi) is 4.77. The van der Waals surface area contributed by atoms with Gasteiger partial charge in [-0.15, -0.1) is 0 Å². The van der Waals surface area contributed by atoms with Crippen LogP contribution in [0.2, 0.25) is 10.0 Å². The number of anilines is 1. The molecular weight excluding hydrogens is 319 g/mol. The minimum Gasteiger partial charge on any atom is -0.508 e. The van der Waals surface area contributed by atoms with Gasteiger partial charge in [-0.05, 0) is 36.4 Å². The van der Waals surface area contributed by atoms with Crippen LogP contribution < -0.4 is 9.80 Å². The molecule has 5 heteroatoms. The third-order valence-electron chi connectivity index (χ3n) is 4.14. The number of hydrogen-bond donors (Lipinski definition) is 2. The molecule has 0 amide bonds. The van der Waals surface area contributed by atoms with Gasteiger partial charge >= 0.3 is 0 Å². The minimum absolute atomic E-state index is 0.311. The normalized spacial score (nSPS) is 16.0. The second-order valence-electron chi connectivity index (χ2n) is 5.67. The van der Waals surface area contributed by atoms with E-state index in [-0.39, 0.29) is 0 Å². The van der Waals surface area contributed by atoms with Gasteiger partial charge in [-0.1, -0.05) is 29.3 Å². The summed E-state index contributed by atoms with van der Waals surface area (Å²) in [6.45, 7) is 5.08. The number of phenols is 1. The van der Waals surface area contributed by atoms with Crippen LogP contribution in [0.4, 0.5) is 5.69 Å². The van der Waals surface area contributed by atoms with Crippen molar-refractivity contribution in [2.45, 2.75) is 6.54 Å². The first kappa shape index (κ1) is 15.5. The average Bonchev–Trinajstić information content (AvgIpc) is 2.52. The Morgan fingerprint density at radius 3 is 2.32 bits per heavy atom. The molecule has 22 heavy (non-hydrogen) atoms. The Bertz CT molecular complexity index is 638. The number of quaternary nitrogens is 1. The fraction of sp³-hybridized carbons (Fsp3) is 0.294. The van der Waals surface area contributed by atoms with E-state index in [0.29, 0.717) is 10.8 Å². The van der Waals surface area contributed by atoms with Gasteiger partial charge in [-0.2, -0.15) is 0 Å². The van der Waals surface area contributed by atoms with Crippen LogP contribution >= 0.6 is 23.2 Å². The summed E-state index contributed by atoms with van der Waals surface area (Å²) in [5, 5.41) is 10.8. The van der Waals surface area contributed by atoms with Crippen LogP contribution in [0, 0.1) is 0 Å². The molecule has 1 fully saturated rings. The van der Waals surface area contributed by atoms with Crippen molar-refractivity contribution in [1.82, 2.24) is 0 Å². The first-order valence-electron chi connectivity index (χ1n) is 7.43. The molecular formula is C17H19Cl2N2O+. The maximum Gasteiger partial charge on any atom is 0.115 e. The van der Waals surface area contributed by atoms with Crippen molar-refractivity contribution >= 4 is 28.9 Å². The lowest BCUT2D eigenvalue weighted by Gasteiger charge is -2.33. The molecule has 2 aromatic rings. The van der Waals surface area contributed by atoms with Crippen LogP contribution in [0.5, 0.6) is 5.75 Å². The number of nitrogens with one attached hydrogen (secondary N) is 1. The zero-order valence-corrected chi connectivity index (χ0v) is 13.7. The molecule has 1 aliphatic rings. The standard InChI is InChI=1S/C17H18Cl2N2O/c18-14-2-1-13(17(19)11-14)12-20-7-9-21(10-8-20)15-3-5-16(22)6-4-15/h1-6,11,22H,7-10,12H2/p+1.